The first-order chi connectivity index (χ1) is 11.6. The molecule has 1 unspecified atom stereocenters. The Kier molecular flexibility index (Phi) is 3.37. The van der Waals surface area contributed by atoms with E-state index >= 15 is 0 Å². The highest BCUT2D eigenvalue weighted by molar-refractivity contribution is 5.78. The van der Waals surface area contributed by atoms with Gasteiger partial charge < -0.3 is 10.6 Å². The molecule has 2 aromatic heterocycles. The van der Waals surface area contributed by atoms with Crippen LogP contribution in [0.4, 0.5) is 10.2 Å². The topological polar surface area (TPSA) is 89.4 Å². The Morgan fingerprint density at radius 1 is 1.21 bits per heavy atom. The zero-order valence-electron chi connectivity index (χ0n) is 12.8. The normalized spacial score (nSPS) is 17.5. The van der Waals surface area contributed by atoms with Crippen LogP contribution in [-0.2, 0) is 4.79 Å². The molecule has 0 spiro atoms. The lowest BCUT2D eigenvalue weighted by Crippen LogP contribution is -2.28. The van der Waals surface area contributed by atoms with Crippen LogP contribution in [0.5, 0.6) is 0 Å². The van der Waals surface area contributed by atoms with Gasteiger partial charge in [0.2, 0.25) is 5.91 Å². The first kappa shape index (κ1) is 14.6. The van der Waals surface area contributed by atoms with Crippen LogP contribution in [-0.4, -0.2) is 38.8 Å². The van der Waals surface area contributed by atoms with E-state index in [-0.39, 0.29) is 17.6 Å². The molecule has 4 rings (SSSR count). The SMILES string of the molecule is NC(=O)C1CCN(c2ccc3nnc(-c4ccccc4F)n3n2)C1. The number of fused-ring (bicyclic) bond motifs is 1. The Bertz CT molecular complexity index is 924. The van der Waals surface area contributed by atoms with Gasteiger partial charge in [0.1, 0.15) is 11.6 Å². The molecule has 2 N–H and O–H groups in total. The maximum absolute atomic E-state index is 14.1. The maximum Gasteiger partial charge on any atom is 0.222 e. The average Bonchev–Trinajstić information content (AvgIpc) is 3.22. The summed E-state index contributed by atoms with van der Waals surface area (Å²) in [5.74, 6) is 0.178. The van der Waals surface area contributed by atoms with Crippen molar-refractivity contribution in [2.24, 2.45) is 11.7 Å². The minimum Gasteiger partial charge on any atom is -0.369 e. The van der Waals surface area contributed by atoms with Crippen LogP contribution < -0.4 is 10.6 Å². The molecule has 0 radical (unpaired) electrons. The highest BCUT2D eigenvalue weighted by atomic mass is 19.1. The lowest BCUT2D eigenvalue weighted by molar-refractivity contribution is -0.121. The Labute approximate surface area is 136 Å². The van der Waals surface area contributed by atoms with Gasteiger partial charge in [0.25, 0.3) is 0 Å². The summed E-state index contributed by atoms with van der Waals surface area (Å²) in [4.78, 5) is 13.3. The Balaban J connectivity index is 1.75. The molecule has 3 heterocycles. The lowest BCUT2D eigenvalue weighted by Gasteiger charge is -2.16. The number of halogens is 1. The number of hydrogen-bond acceptors (Lipinski definition) is 5. The molecule has 0 aliphatic carbocycles. The summed E-state index contributed by atoms with van der Waals surface area (Å²) < 4.78 is 15.6. The third kappa shape index (κ3) is 2.36. The molecule has 7 nitrogen and oxygen atoms in total. The van der Waals surface area contributed by atoms with Gasteiger partial charge in [-0.1, -0.05) is 12.1 Å². The van der Waals surface area contributed by atoms with Crippen molar-refractivity contribution in [1.29, 1.82) is 0 Å². The number of benzene rings is 1. The van der Waals surface area contributed by atoms with Crippen molar-refractivity contribution in [2.45, 2.75) is 6.42 Å². The fourth-order valence-electron chi connectivity index (χ4n) is 2.96. The third-order valence-corrected chi connectivity index (χ3v) is 4.28. The van der Waals surface area contributed by atoms with Crippen LogP contribution in [0.25, 0.3) is 17.0 Å². The maximum atomic E-state index is 14.1. The van der Waals surface area contributed by atoms with Gasteiger partial charge in [-0.3, -0.25) is 4.79 Å². The Morgan fingerprint density at radius 3 is 2.79 bits per heavy atom. The largest absolute Gasteiger partial charge is 0.369 e. The molecule has 0 bridgehead atoms. The van der Waals surface area contributed by atoms with Crippen LogP contribution in [0.1, 0.15) is 6.42 Å². The predicted molar refractivity (Wildman–Crippen MR) is 85.7 cm³/mol. The van der Waals surface area contributed by atoms with Crippen molar-refractivity contribution in [1.82, 2.24) is 19.8 Å². The van der Waals surface area contributed by atoms with Gasteiger partial charge in [-0.25, -0.2) is 4.39 Å². The molecule has 1 aliphatic heterocycles. The summed E-state index contributed by atoms with van der Waals surface area (Å²) in [6.07, 6.45) is 0.706. The van der Waals surface area contributed by atoms with Gasteiger partial charge in [-0.05, 0) is 30.7 Å². The average molecular weight is 326 g/mol. The summed E-state index contributed by atoms with van der Waals surface area (Å²) in [6, 6.07) is 9.96. The molecule has 1 fully saturated rings. The van der Waals surface area contributed by atoms with Gasteiger partial charge in [-0.2, -0.15) is 4.52 Å². The van der Waals surface area contributed by atoms with Gasteiger partial charge in [-0.15, -0.1) is 15.3 Å². The number of hydrogen-bond donors (Lipinski definition) is 1. The second-order valence-corrected chi connectivity index (χ2v) is 5.80. The van der Waals surface area contributed by atoms with E-state index in [1.54, 1.807) is 24.3 Å². The molecule has 8 heteroatoms. The highest BCUT2D eigenvalue weighted by Gasteiger charge is 2.28. The van der Waals surface area contributed by atoms with Crippen LogP contribution >= 0.6 is 0 Å². The van der Waals surface area contributed by atoms with Crippen molar-refractivity contribution >= 4 is 17.4 Å². The smallest absolute Gasteiger partial charge is 0.222 e. The number of anilines is 1. The van der Waals surface area contributed by atoms with E-state index in [2.05, 4.69) is 15.3 Å². The number of amides is 1. The second-order valence-electron chi connectivity index (χ2n) is 5.80. The van der Waals surface area contributed by atoms with Gasteiger partial charge >= 0.3 is 0 Å². The van der Waals surface area contributed by atoms with E-state index in [4.69, 9.17) is 5.73 Å². The number of carbonyl (C=O) groups excluding carboxylic acids is 1. The first-order valence-electron chi connectivity index (χ1n) is 7.65. The molecule has 1 saturated heterocycles. The van der Waals surface area contributed by atoms with Crippen molar-refractivity contribution in [3.05, 3.63) is 42.2 Å². The molecule has 1 amide bonds. The molecule has 0 saturated carbocycles. The number of nitrogens with zero attached hydrogens (tertiary/aromatic N) is 5. The van der Waals surface area contributed by atoms with Crippen LogP contribution in [0.15, 0.2) is 36.4 Å². The second kappa shape index (κ2) is 5.55. The first-order valence-corrected chi connectivity index (χ1v) is 7.65. The molecule has 24 heavy (non-hydrogen) atoms. The molecular formula is C16H15FN6O. The van der Waals surface area contributed by atoms with Crippen molar-refractivity contribution in [2.75, 3.05) is 18.0 Å². The number of aromatic nitrogens is 4. The Hall–Kier alpha value is -3.03. The van der Waals surface area contributed by atoms with Crippen molar-refractivity contribution < 1.29 is 9.18 Å². The van der Waals surface area contributed by atoms with Crippen LogP contribution in [0.2, 0.25) is 0 Å². The fourth-order valence-corrected chi connectivity index (χ4v) is 2.96. The summed E-state index contributed by atoms with van der Waals surface area (Å²) in [5.41, 5.74) is 6.25. The van der Waals surface area contributed by atoms with E-state index in [1.807, 2.05) is 11.0 Å². The van der Waals surface area contributed by atoms with Gasteiger partial charge in [0.15, 0.2) is 11.5 Å². The third-order valence-electron chi connectivity index (χ3n) is 4.28. The Morgan fingerprint density at radius 2 is 2.04 bits per heavy atom. The van der Waals surface area contributed by atoms with Crippen LogP contribution in [0, 0.1) is 11.7 Å². The number of rotatable bonds is 3. The minimum atomic E-state index is -0.381. The molecule has 1 aliphatic rings. The minimum absolute atomic E-state index is 0.172. The zero-order chi connectivity index (χ0) is 16.7. The van der Waals surface area contributed by atoms with Gasteiger partial charge in [0.05, 0.1) is 11.5 Å². The highest BCUT2D eigenvalue weighted by Crippen LogP contribution is 2.25. The van der Waals surface area contributed by atoms with E-state index < -0.39 is 0 Å². The fraction of sp³-hybridized carbons (Fsp3) is 0.250. The molecule has 3 aromatic rings. The summed E-state index contributed by atoms with van der Waals surface area (Å²) in [7, 11) is 0. The van der Waals surface area contributed by atoms with E-state index in [0.717, 1.165) is 0 Å². The standard InChI is InChI=1S/C16H15FN6O/c17-12-4-2-1-3-11(12)16-20-19-13-5-6-14(21-23(13)16)22-8-7-10(9-22)15(18)24/h1-6,10H,7-9H2,(H2,18,24). The molecule has 122 valence electrons. The quantitative estimate of drug-likeness (QED) is 0.782. The number of primary amides is 1. The molecule has 1 atom stereocenters. The summed E-state index contributed by atoms with van der Waals surface area (Å²) in [6.45, 7) is 1.23. The van der Waals surface area contributed by atoms with Gasteiger partial charge in [0, 0.05) is 13.1 Å². The predicted octanol–water partition coefficient (Wildman–Crippen LogP) is 1.24. The molecule has 1 aromatic carbocycles. The van der Waals surface area contributed by atoms with Crippen molar-refractivity contribution in [3.63, 3.8) is 0 Å². The summed E-state index contributed by atoms with van der Waals surface area (Å²) >= 11 is 0. The lowest BCUT2D eigenvalue weighted by atomic mass is 10.1. The van der Waals surface area contributed by atoms with E-state index in [0.29, 0.717) is 42.4 Å². The van der Waals surface area contributed by atoms with E-state index in [1.165, 1.54) is 10.6 Å². The number of carbonyl (C=O) groups is 1. The van der Waals surface area contributed by atoms with E-state index in [9.17, 15) is 9.18 Å². The monoisotopic (exact) mass is 326 g/mol. The molecular weight excluding hydrogens is 311 g/mol. The zero-order valence-corrected chi connectivity index (χ0v) is 12.8. The van der Waals surface area contributed by atoms with Crippen molar-refractivity contribution in [3.8, 4) is 11.4 Å². The van der Waals surface area contributed by atoms with Crippen LogP contribution in [0.3, 0.4) is 0 Å². The number of nitrogens with two attached hydrogens (primary N) is 1. The summed E-state index contributed by atoms with van der Waals surface area (Å²) in [5, 5.41) is 12.6.